The highest BCUT2D eigenvalue weighted by molar-refractivity contribution is 7.91. The lowest BCUT2D eigenvalue weighted by molar-refractivity contribution is 0.377. The van der Waals surface area contributed by atoms with Gasteiger partial charge in [-0.2, -0.15) is 0 Å². The van der Waals surface area contributed by atoms with E-state index in [4.69, 9.17) is 4.42 Å². The molecule has 0 amide bonds. The van der Waals surface area contributed by atoms with E-state index in [2.05, 4.69) is 44.9 Å². The second-order valence-corrected chi connectivity index (χ2v) is 14.3. The van der Waals surface area contributed by atoms with Crippen LogP contribution >= 0.6 is 11.3 Å². The molecule has 13 heteroatoms. The van der Waals surface area contributed by atoms with Gasteiger partial charge in [0.2, 0.25) is 0 Å². The Hall–Kier alpha value is -2.22. The number of amidine groups is 2. The van der Waals surface area contributed by atoms with Crippen LogP contribution in [0.3, 0.4) is 0 Å². The lowest BCUT2D eigenvalue weighted by Crippen LogP contribution is -2.40. The number of nitrogens with one attached hydrogen (secondary N) is 3. The zero-order chi connectivity index (χ0) is 26.3. The van der Waals surface area contributed by atoms with E-state index in [0.717, 1.165) is 16.9 Å². The first kappa shape index (κ1) is 27.4. The molecule has 0 radical (unpaired) electrons. The minimum atomic E-state index is -3.94. The third-order valence-electron chi connectivity index (χ3n) is 4.98. The third kappa shape index (κ3) is 6.51. The maximum atomic E-state index is 12.7. The first-order valence-electron chi connectivity index (χ1n) is 11.0. The van der Waals surface area contributed by atoms with Gasteiger partial charge >= 0.3 is 0 Å². The van der Waals surface area contributed by atoms with E-state index < -0.39 is 32.5 Å². The van der Waals surface area contributed by atoms with E-state index in [1.165, 1.54) is 5.38 Å². The first-order chi connectivity index (χ1) is 16.0. The molecule has 3 heterocycles. The molecule has 0 spiro atoms. The number of rotatable bonds is 6. The van der Waals surface area contributed by atoms with Crippen LogP contribution in [-0.4, -0.2) is 34.9 Å². The van der Waals surface area contributed by atoms with Gasteiger partial charge in [0.15, 0.2) is 21.6 Å². The van der Waals surface area contributed by atoms with E-state index in [9.17, 15) is 17.7 Å². The monoisotopic (exact) mass is 543 g/mol. The molecule has 35 heavy (non-hydrogen) atoms. The lowest BCUT2D eigenvalue weighted by Gasteiger charge is -2.22. The highest BCUT2D eigenvalue weighted by atomic mass is 32.2. The van der Waals surface area contributed by atoms with Crippen LogP contribution in [0.15, 0.2) is 35.1 Å². The fourth-order valence-corrected chi connectivity index (χ4v) is 6.53. The van der Waals surface area contributed by atoms with Crippen LogP contribution in [0.25, 0.3) is 0 Å². The summed E-state index contributed by atoms with van der Waals surface area (Å²) in [6.45, 7) is 15.4. The minimum Gasteiger partial charge on any atom is -0.504 e. The van der Waals surface area contributed by atoms with Gasteiger partial charge in [-0.15, -0.1) is 20.1 Å². The number of anilines is 1. The SMILES string of the molecule is CC(C)[C@@H](NC1=NS(=O)N=C1Nc1csc(S(=O)(=O)NC(C)(C)C)c1O)c1cc(C(C)(C)C)co1. The van der Waals surface area contributed by atoms with E-state index in [1.54, 1.807) is 27.0 Å². The van der Waals surface area contributed by atoms with E-state index >= 15 is 0 Å². The summed E-state index contributed by atoms with van der Waals surface area (Å²) in [5, 5.41) is 18.2. The Morgan fingerprint density at radius 3 is 2.29 bits per heavy atom. The fourth-order valence-electron chi connectivity index (χ4n) is 3.25. The Morgan fingerprint density at radius 1 is 1.11 bits per heavy atom. The third-order valence-corrected chi connectivity index (χ3v) is 8.93. The van der Waals surface area contributed by atoms with Gasteiger partial charge < -0.3 is 20.2 Å². The number of sulfonamides is 1. The van der Waals surface area contributed by atoms with Crippen molar-refractivity contribution >= 4 is 49.9 Å². The van der Waals surface area contributed by atoms with Crippen molar-refractivity contribution < 1.29 is 22.2 Å². The molecule has 0 saturated carbocycles. The summed E-state index contributed by atoms with van der Waals surface area (Å²) in [6, 6.07) is 1.69. The second-order valence-electron chi connectivity index (χ2n) is 10.7. The topological polar surface area (TPSA) is 145 Å². The van der Waals surface area contributed by atoms with Crippen LogP contribution < -0.4 is 15.4 Å². The predicted molar refractivity (Wildman–Crippen MR) is 141 cm³/mol. The number of hydrogen-bond acceptors (Lipinski definition) is 8. The molecule has 194 valence electrons. The summed E-state index contributed by atoms with van der Waals surface area (Å²) in [7, 11) is -3.94. The van der Waals surface area contributed by atoms with Crippen molar-refractivity contribution in [3.05, 3.63) is 29.0 Å². The molecular weight excluding hydrogens is 510 g/mol. The van der Waals surface area contributed by atoms with Gasteiger partial charge in [0.05, 0.1) is 18.0 Å². The number of nitrogens with zero attached hydrogens (tertiary/aromatic N) is 2. The summed E-state index contributed by atoms with van der Waals surface area (Å²) in [5.74, 6) is 0.676. The average Bonchev–Trinajstić information content (AvgIpc) is 3.37. The smallest absolute Gasteiger partial charge is 0.269 e. The van der Waals surface area contributed by atoms with Crippen LogP contribution in [0.4, 0.5) is 5.69 Å². The highest BCUT2D eigenvalue weighted by Crippen LogP contribution is 2.38. The van der Waals surface area contributed by atoms with Crippen molar-refractivity contribution in [2.75, 3.05) is 5.32 Å². The predicted octanol–water partition coefficient (Wildman–Crippen LogP) is 4.21. The average molecular weight is 544 g/mol. The molecule has 0 aromatic carbocycles. The molecule has 2 atom stereocenters. The molecule has 0 aliphatic carbocycles. The van der Waals surface area contributed by atoms with Crippen LogP contribution in [0.2, 0.25) is 0 Å². The zero-order valence-electron chi connectivity index (χ0n) is 21.1. The van der Waals surface area contributed by atoms with Crippen molar-refractivity contribution in [2.45, 2.75) is 76.6 Å². The van der Waals surface area contributed by atoms with Crippen molar-refractivity contribution in [3.63, 3.8) is 0 Å². The Kier molecular flexibility index (Phi) is 7.57. The van der Waals surface area contributed by atoms with Gasteiger partial charge in [-0.05, 0) is 43.7 Å². The van der Waals surface area contributed by atoms with Crippen LogP contribution in [0.5, 0.6) is 5.75 Å². The Balaban J connectivity index is 1.84. The second kappa shape index (κ2) is 9.68. The Morgan fingerprint density at radius 2 is 1.74 bits per heavy atom. The molecule has 1 unspecified atom stereocenters. The number of furan rings is 1. The van der Waals surface area contributed by atoms with Gasteiger partial charge in [-0.25, -0.2) is 17.3 Å². The van der Waals surface area contributed by atoms with Crippen molar-refractivity contribution in [3.8, 4) is 5.75 Å². The molecule has 0 bridgehead atoms. The highest BCUT2D eigenvalue weighted by Gasteiger charge is 2.31. The normalized spacial score (nSPS) is 17.9. The van der Waals surface area contributed by atoms with Crippen molar-refractivity contribution in [2.24, 2.45) is 14.7 Å². The molecule has 4 N–H and O–H groups in total. The molecule has 2 aromatic heterocycles. The molecule has 10 nitrogen and oxygen atoms in total. The Bertz CT molecular complexity index is 1280. The zero-order valence-corrected chi connectivity index (χ0v) is 23.5. The Labute approximate surface area is 213 Å². The number of thiophene rings is 1. The largest absolute Gasteiger partial charge is 0.504 e. The first-order valence-corrected chi connectivity index (χ1v) is 14.5. The van der Waals surface area contributed by atoms with E-state index in [0.29, 0.717) is 5.76 Å². The van der Waals surface area contributed by atoms with Crippen LogP contribution in [-0.2, 0) is 26.6 Å². The molecule has 0 fully saturated rings. The van der Waals surface area contributed by atoms with Crippen molar-refractivity contribution in [1.82, 2.24) is 10.0 Å². The van der Waals surface area contributed by atoms with Gasteiger partial charge in [0.1, 0.15) is 5.76 Å². The van der Waals surface area contributed by atoms with Gasteiger partial charge in [0, 0.05) is 10.9 Å². The summed E-state index contributed by atoms with van der Waals surface area (Å²) >= 11 is -1.01. The molecule has 0 saturated heterocycles. The summed E-state index contributed by atoms with van der Waals surface area (Å²) < 4.78 is 53.7. The number of aromatic hydroxyl groups is 1. The molecule has 1 aliphatic rings. The van der Waals surface area contributed by atoms with Gasteiger partial charge in [0.25, 0.3) is 21.2 Å². The molecular formula is C22H33N5O5S3. The number of hydrogen-bond donors (Lipinski definition) is 4. The molecule has 3 rings (SSSR count). The lowest BCUT2D eigenvalue weighted by atomic mass is 9.88. The molecule has 2 aromatic rings. The van der Waals surface area contributed by atoms with Gasteiger partial charge in [-0.1, -0.05) is 34.6 Å². The van der Waals surface area contributed by atoms with Crippen molar-refractivity contribution in [1.29, 1.82) is 0 Å². The van der Waals surface area contributed by atoms with Crippen LogP contribution in [0, 0.1) is 5.92 Å². The summed E-state index contributed by atoms with van der Waals surface area (Å²) in [6.07, 6.45) is 1.73. The van der Waals surface area contributed by atoms with Gasteiger partial charge in [-0.3, -0.25) is 0 Å². The van der Waals surface area contributed by atoms with E-state index in [1.807, 2.05) is 19.9 Å². The molecule has 1 aliphatic heterocycles. The maximum absolute atomic E-state index is 12.7. The fraction of sp³-hybridized carbons (Fsp3) is 0.545. The summed E-state index contributed by atoms with van der Waals surface area (Å²) in [4.78, 5) is 0. The quantitative estimate of drug-likeness (QED) is 0.427. The van der Waals surface area contributed by atoms with E-state index in [-0.39, 0.29) is 38.9 Å². The maximum Gasteiger partial charge on any atom is 0.269 e. The summed E-state index contributed by atoms with van der Waals surface area (Å²) in [5.41, 5.74) is 0.360. The standard InChI is InChI=1S/C22H33N5O5S3/c1-12(2)16(15-9-13(10-32-15)21(3,4)5)24-19-18(25-34(29)26-19)23-14-11-33-20(17(14)28)35(30,31)27-22(6,7)8/h9-12,16,27-28H,1-8H3,(H,23,25)(H,24,26)/t16-,34?/m1/s1. The minimum absolute atomic E-state index is 0.0831. The van der Waals surface area contributed by atoms with Crippen LogP contribution in [0.1, 0.15) is 72.8 Å².